The Labute approximate surface area is 83.1 Å². The van der Waals surface area contributed by atoms with Crippen molar-refractivity contribution < 1.29 is 18.5 Å². The lowest BCUT2D eigenvalue weighted by molar-refractivity contribution is 0.177. The van der Waals surface area contributed by atoms with Crippen LogP contribution in [0, 0.1) is 0 Å². The summed E-state index contributed by atoms with van der Waals surface area (Å²) in [6.07, 6.45) is -2.28. The number of phenols is 1. The summed E-state index contributed by atoms with van der Waals surface area (Å²) in [5, 5.41) is 9.13. The van der Waals surface area contributed by atoms with E-state index in [4.69, 9.17) is 11.1 Å². The monoisotopic (exact) mass is 175 g/mol. The van der Waals surface area contributed by atoms with Gasteiger partial charge in [-0.15, -0.1) is 0 Å². The van der Waals surface area contributed by atoms with E-state index in [0.717, 1.165) is 5.31 Å². The van der Waals surface area contributed by atoms with Crippen LogP contribution in [0.15, 0.2) is 24.2 Å². The summed E-state index contributed by atoms with van der Waals surface area (Å²) in [6, 6.07) is -2.54. The minimum Gasteiger partial charge on any atom is -0.508 e. The van der Waals surface area contributed by atoms with Gasteiger partial charge >= 0.3 is 0 Å². The maximum Gasteiger partial charge on any atom is 0.293 e. The van der Waals surface area contributed by atoms with Crippen LogP contribution >= 0.6 is 0 Å². The standard InChI is InChI=1S/C9H13NO2/c1-10-6-9(12)7-3-2-4-8(11)5-7/h2-5,9-12H,6H2,1H3/t9-/m1/s1/i2D,3D,4D,5D,9D,12D/hD2. The molecule has 0 heterocycles. The molecule has 0 aliphatic rings. The van der Waals surface area contributed by atoms with Crippen LogP contribution < -0.4 is 5.31 Å². The van der Waals surface area contributed by atoms with Crippen molar-refractivity contribution in [3.63, 3.8) is 0 Å². The molecule has 0 bridgehead atoms. The van der Waals surface area contributed by atoms with Crippen LogP contribution in [0.5, 0.6) is 5.75 Å². The van der Waals surface area contributed by atoms with E-state index in [2.05, 4.69) is 10.2 Å². The molecule has 0 radical (unpaired) electrons. The first-order valence-corrected chi connectivity index (χ1v) is 3.28. The molecule has 1 aromatic carbocycles. The molecule has 3 N–H and O–H groups in total. The number of hydrogen-bond donors (Lipinski definition) is 3. The average Bonchev–Trinajstić information content (AvgIpc) is 2.36. The third kappa shape index (κ3) is 2.22. The van der Waals surface area contributed by atoms with E-state index >= 15 is 0 Å². The Balaban J connectivity index is 3.62. The highest BCUT2D eigenvalue weighted by atomic mass is 16.3. The second-order valence-corrected chi connectivity index (χ2v) is 2.10. The molecule has 3 nitrogen and oxygen atoms in total. The molecule has 0 amide bonds. The minimum atomic E-state index is -2.28. The highest BCUT2D eigenvalue weighted by Gasteiger charge is 2.05. The van der Waals surface area contributed by atoms with Crippen molar-refractivity contribution >= 4 is 0 Å². The average molecular weight is 175 g/mol. The Kier molecular flexibility index (Phi) is 1.03. The molecular formula is C9H13NO2. The van der Waals surface area contributed by atoms with E-state index in [9.17, 15) is 0 Å². The summed E-state index contributed by atoms with van der Waals surface area (Å²) in [5.41, 5.74) is -0.491. The SMILES string of the molecule is [2H]Oc1c([2H])c([2H])c([2H])c([C@@]([2H])(CN([2H])C)O[2H])c1[2H]. The first-order chi connectivity index (χ1) is 9.19. The molecule has 0 aliphatic carbocycles. The van der Waals surface area contributed by atoms with Gasteiger partial charge in [-0.2, -0.15) is 0 Å². The molecule has 1 aromatic rings. The molecular weight excluding hydrogens is 154 g/mol. The number of phenolic OH excluding ortho intramolecular Hbond substituents is 1. The third-order valence-corrected chi connectivity index (χ3v) is 1.18. The predicted octanol–water partition coefficient (Wildman–Crippen LogP) is 0.645. The molecule has 66 valence electrons. The fraction of sp³-hybridized carbons (Fsp3) is 0.333. The molecule has 0 saturated heterocycles. The first kappa shape index (κ1) is 3.01. The third-order valence-electron chi connectivity index (χ3n) is 1.18. The summed E-state index contributed by atoms with van der Waals surface area (Å²) < 4.78 is 59.7. The van der Waals surface area contributed by atoms with Crippen LogP contribution in [0.2, 0.25) is 1.41 Å². The van der Waals surface area contributed by atoms with Gasteiger partial charge in [-0.25, -0.2) is 0 Å². The predicted molar refractivity (Wildman–Crippen MR) is 47.0 cm³/mol. The lowest BCUT2D eigenvalue weighted by Crippen LogP contribution is -2.16. The molecule has 0 spiro atoms. The van der Waals surface area contributed by atoms with Crippen LogP contribution in [0.25, 0.3) is 0 Å². The van der Waals surface area contributed by atoms with E-state index in [0.29, 0.717) is 0 Å². The highest BCUT2D eigenvalue weighted by molar-refractivity contribution is 5.28. The van der Waals surface area contributed by atoms with E-state index < -0.39 is 48.1 Å². The Morgan fingerprint density at radius 3 is 3.50 bits per heavy atom. The van der Waals surface area contributed by atoms with Gasteiger partial charge in [-0.1, -0.05) is 12.1 Å². The summed E-state index contributed by atoms with van der Waals surface area (Å²) in [7, 11) is 1.29. The van der Waals surface area contributed by atoms with Crippen molar-refractivity contribution in [3.05, 3.63) is 29.7 Å². The van der Waals surface area contributed by atoms with E-state index in [1.165, 1.54) is 7.05 Å². The zero-order chi connectivity index (χ0) is 15.7. The summed E-state index contributed by atoms with van der Waals surface area (Å²) >= 11 is 0. The largest absolute Gasteiger partial charge is 0.508 e. The normalized spacial score (nSPS) is 24.8. The summed E-state index contributed by atoms with van der Waals surface area (Å²) in [6.45, 7) is -0.470. The molecule has 0 unspecified atom stereocenters. The van der Waals surface area contributed by atoms with Gasteiger partial charge in [0.15, 0.2) is 0 Å². The topological polar surface area (TPSA) is 52.5 Å². The van der Waals surface area contributed by atoms with Crippen LogP contribution in [-0.4, -0.2) is 26.7 Å². The second kappa shape index (κ2) is 4.09. The maximum absolute atomic E-state index is 7.99. The molecule has 12 heavy (non-hydrogen) atoms. The fourth-order valence-corrected chi connectivity index (χ4v) is 0.689. The Hall–Kier alpha value is -1.06. The van der Waals surface area contributed by atoms with Crippen LogP contribution in [-0.2, 0) is 0 Å². The fourth-order valence-electron chi connectivity index (χ4n) is 0.689. The van der Waals surface area contributed by atoms with Gasteiger partial charge in [0.1, 0.15) is 7.16 Å². The molecule has 3 heteroatoms. The van der Waals surface area contributed by atoms with Crippen LogP contribution in [0.3, 0.4) is 0 Å². The molecule has 1 atom stereocenters. The zero-order valence-electron chi connectivity index (χ0n) is 14.5. The van der Waals surface area contributed by atoms with Crippen LogP contribution in [0.1, 0.15) is 18.5 Å². The number of likely N-dealkylation sites (N-methyl/N-ethyl adjacent to an activating group) is 1. The van der Waals surface area contributed by atoms with Crippen molar-refractivity contribution in [1.82, 2.24) is 5.31 Å². The number of hydrogen-bond acceptors (Lipinski definition) is 3. The van der Waals surface area contributed by atoms with E-state index in [1.807, 2.05) is 0 Å². The molecule has 1 rings (SSSR count). The van der Waals surface area contributed by atoms with Gasteiger partial charge < -0.3 is 15.5 Å². The van der Waals surface area contributed by atoms with Crippen molar-refractivity contribution in [3.8, 4) is 5.75 Å². The summed E-state index contributed by atoms with van der Waals surface area (Å²) in [5.74, 6) is -0.595. The van der Waals surface area contributed by atoms with Crippen molar-refractivity contribution in [1.29, 1.82) is 2.86 Å². The smallest absolute Gasteiger partial charge is 0.293 e. The van der Waals surface area contributed by atoms with Gasteiger partial charge in [0.2, 0.25) is 1.43 Å². The van der Waals surface area contributed by atoms with Gasteiger partial charge in [-0.05, 0) is 24.7 Å². The Bertz CT molecular complexity index is 511. The van der Waals surface area contributed by atoms with Gasteiger partial charge in [0.25, 0.3) is 1.43 Å². The lowest BCUT2D eigenvalue weighted by Gasteiger charge is -2.09. The van der Waals surface area contributed by atoms with Gasteiger partial charge in [0.05, 0.1) is 12.9 Å². The van der Waals surface area contributed by atoms with Crippen molar-refractivity contribution in [2.75, 3.05) is 13.6 Å². The Morgan fingerprint density at radius 1 is 1.92 bits per heavy atom. The van der Waals surface area contributed by atoms with Crippen molar-refractivity contribution in [2.45, 2.75) is 6.08 Å². The quantitative estimate of drug-likeness (QED) is 0.615. The zero-order valence-corrected chi connectivity index (χ0v) is 6.47. The number of rotatable bonds is 5. The number of aromatic hydroxyl groups is 1. The molecule has 0 fully saturated rings. The lowest BCUT2D eigenvalue weighted by atomic mass is 10.1. The van der Waals surface area contributed by atoms with Gasteiger partial charge in [-0.3, -0.25) is 0 Å². The maximum atomic E-state index is 7.99. The first-order valence-electron chi connectivity index (χ1n) is 7.04. The molecule has 0 aliphatic heterocycles. The van der Waals surface area contributed by atoms with Crippen molar-refractivity contribution in [2.24, 2.45) is 0 Å². The van der Waals surface area contributed by atoms with E-state index in [1.54, 1.807) is 0 Å². The number of nitrogens with one attached hydrogen (secondary N) is 1. The second-order valence-electron chi connectivity index (χ2n) is 2.10. The molecule has 0 saturated carbocycles. The minimum absolute atomic E-state index is 0.470. The highest BCUT2D eigenvalue weighted by Crippen LogP contribution is 2.17. The van der Waals surface area contributed by atoms with Gasteiger partial charge in [0, 0.05) is 6.54 Å². The van der Waals surface area contributed by atoms with Crippen LogP contribution in [0.4, 0.5) is 0 Å². The Morgan fingerprint density at radius 2 is 2.83 bits per heavy atom. The number of benzene rings is 1. The molecule has 0 aromatic heterocycles. The van der Waals surface area contributed by atoms with E-state index in [-0.39, 0.29) is 0 Å². The number of aliphatic hydroxyl groups is 1. The summed E-state index contributed by atoms with van der Waals surface area (Å²) in [4.78, 5) is 0.